The van der Waals surface area contributed by atoms with Gasteiger partial charge < -0.3 is 14.8 Å². The number of fused-ring (bicyclic) bond motifs is 2. The van der Waals surface area contributed by atoms with Crippen LogP contribution in [0.15, 0.2) is 59.0 Å². The van der Waals surface area contributed by atoms with Crippen LogP contribution in [0.5, 0.6) is 11.5 Å². The molecule has 1 aliphatic rings. The van der Waals surface area contributed by atoms with Crippen molar-refractivity contribution in [2.75, 3.05) is 12.1 Å². The van der Waals surface area contributed by atoms with Crippen molar-refractivity contribution in [3.63, 3.8) is 0 Å². The molecular formula is C22H15FN4O5S. The predicted molar refractivity (Wildman–Crippen MR) is 119 cm³/mol. The van der Waals surface area contributed by atoms with Crippen molar-refractivity contribution < 1.29 is 23.5 Å². The molecule has 9 nitrogen and oxygen atoms in total. The SMILES string of the molecule is O=C(Cn1cnc2scc(-c3ccc(F)cc3)c2c1=O)NC(=O)Nc1ccc2c(c1)OCO2. The fourth-order valence-electron chi connectivity index (χ4n) is 3.38. The van der Waals surface area contributed by atoms with Gasteiger partial charge >= 0.3 is 6.03 Å². The Kier molecular flexibility index (Phi) is 5.23. The van der Waals surface area contributed by atoms with Gasteiger partial charge in [0.2, 0.25) is 12.7 Å². The van der Waals surface area contributed by atoms with E-state index in [0.29, 0.717) is 38.5 Å². The standard InChI is InChI=1S/C22H15FN4O5S/c23-13-3-1-12(2-4-13)15-9-33-20-19(15)21(29)27(10-24-20)8-18(28)26-22(30)25-14-5-6-16-17(7-14)32-11-31-16/h1-7,9-10H,8,11H2,(H2,25,26,28,30). The first kappa shape index (κ1) is 20.6. The largest absolute Gasteiger partial charge is 0.454 e. The number of nitrogens with zero attached hydrogens (tertiary/aromatic N) is 2. The number of halogens is 1. The van der Waals surface area contributed by atoms with Crippen LogP contribution in [0.4, 0.5) is 14.9 Å². The fraction of sp³-hybridized carbons (Fsp3) is 0.0909. The molecule has 3 amide bonds. The summed E-state index contributed by atoms with van der Waals surface area (Å²) in [5, 5.41) is 6.79. The van der Waals surface area contributed by atoms with Gasteiger partial charge in [0.25, 0.3) is 5.56 Å². The molecular weight excluding hydrogens is 451 g/mol. The van der Waals surface area contributed by atoms with Gasteiger partial charge in [0, 0.05) is 22.7 Å². The molecule has 2 N–H and O–H groups in total. The fourth-order valence-corrected chi connectivity index (χ4v) is 4.29. The van der Waals surface area contributed by atoms with E-state index in [-0.39, 0.29) is 12.6 Å². The molecule has 1 aliphatic heterocycles. The molecule has 0 saturated heterocycles. The van der Waals surface area contributed by atoms with E-state index >= 15 is 0 Å². The number of rotatable bonds is 4. The Hall–Kier alpha value is -4.25. The second-order valence-corrected chi connectivity index (χ2v) is 7.94. The van der Waals surface area contributed by atoms with Crippen molar-refractivity contribution in [1.29, 1.82) is 0 Å². The van der Waals surface area contributed by atoms with Gasteiger partial charge in [0.1, 0.15) is 17.2 Å². The van der Waals surface area contributed by atoms with Gasteiger partial charge in [-0.15, -0.1) is 11.3 Å². The number of hydrogen-bond acceptors (Lipinski definition) is 7. The van der Waals surface area contributed by atoms with Gasteiger partial charge in [-0.1, -0.05) is 12.1 Å². The van der Waals surface area contributed by atoms with E-state index in [1.807, 2.05) is 0 Å². The number of amides is 3. The number of carbonyl (C=O) groups is 2. The normalized spacial score (nSPS) is 12.0. The summed E-state index contributed by atoms with van der Waals surface area (Å²) in [6, 6.07) is 9.81. The molecule has 3 heterocycles. The zero-order valence-electron chi connectivity index (χ0n) is 16.8. The van der Waals surface area contributed by atoms with Gasteiger partial charge in [-0.2, -0.15) is 0 Å². The highest BCUT2D eigenvalue weighted by molar-refractivity contribution is 7.17. The highest BCUT2D eigenvalue weighted by Gasteiger charge is 2.17. The average Bonchev–Trinajstić information content (AvgIpc) is 3.43. The number of urea groups is 1. The van der Waals surface area contributed by atoms with Crippen molar-refractivity contribution in [2.24, 2.45) is 0 Å². The van der Waals surface area contributed by atoms with E-state index in [0.717, 1.165) is 4.57 Å². The molecule has 2 aromatic carbocycles. The van der Waals surface area contributed by atoms with Gasteiger partial charge in [0.15, 0.2) is 11.5 Å². The van der Waals surface area contributed by atoms with E-state index in [1.54, 1.807) is 35.7 Å². The van der Waals surface area contributed by atoms with E-state index < -0.39 is 24.0 Å². The lowest BCUT2D eigenvalue weighted by atomic mass is 10.1. The first-order chi connectivity index (χ1) is 16.0. The molecule has 2 aromatic heterocycles. The summed E-state index contributed by atoms with van der Waals surface area (Å²) in [5.74, 6) is -0.0370. The minimum Gasteiger partial charge on any atom is -0.454 e. The van der Waals surface area contributed by atoms with Crippen LogP contribution in [0.2, 0.25) is 0 Å². The number of nitrogens with one attached hydrogen (secondary N) is 2. The molecule has 0 fully saturated rings. The summed E-state index contributed by atoms with van der Waals surface area (Å²) in [5.41, 5.74) is 1.23. The number of ether oxygens (including phenoxy) is 2. The number of anilines is 1. The summed E-state index contributed by atoms with van der Waals surface area (Å²) in [6.07, 6.45) is 1.25. The van der Waals surface area contributed by atoms with E-state index in [4.69, 9.17) is 9.47 Å². The molecule has 0 saturated carbocycles. The predicted octanol–water partition coefficient (Wildman–Crippen LogP) is 3.34. The summed E-state index contributed by atoms with van der Waals surface area (Å²) in [4.78, 5) is 42.3. The van der Waals surface area contributed by atoms with Crippen LogP contribution in [0.25, 0.3) is 21.3 Å². The van der Waals surface area contributed by atoms with Crippen LogP contribution < -0.4 is 25.7 Å². The molecule has 0 bridgehead atoms. The molecule has 0 unspecified atom stereocenters. The summed E-state index contributed by atoms with van der Waals surface area (Å²) in [6.45, 7) is -0.307. The first-order valence-corrected chi connectivity index (χ1v) is 10.6. The molecule has 0 aliphatic carbocycles. The minimum atomic E-state index is -0.761. The van der Waals surface area contributed by atoms with Gasteiger partial charge in [-0.3, -0.25) is 19.5 Å². The van der Waals surface area contributed by atoms with Crippen LogP contribution in [-0.2, 0) is 11.3 Å². The average molecular weight is 466 g/mol. The zero-order valence-corrected chi connectivity index (χ0v) is 17.6. The molecule has 5 rings (SSSR count). The second kappa shape index (κ2) is 8.36. The summed E-state index contributed by atoms with van der Waals surface area (Å²) in [7, 11) is 0. The molecule has 0 spiro atoms. The van der Waals surface area contributed by atoms with Crippen LogP contribution in [-0.4, -0.2) is 28.3 Å². The number of thiophene rings is 1. The van der Waals surface area contributed by atoms with Crippen LogP contribution in [0.1, 0.15) is 0 Å². The van der Waals surface area contributed by atoms with E-state index in [9.17, 15) is 18.8 Å². The Labute approximate surface area is 189 Å². The third-order valence-corrected chi connectivity index (χ3v) is 5.80. The maximum Gasteiger partial charge on any atom is 0.325 e. The van der Waals surface area contributed by atoms with Gasteiger partial charge in [0.05, 0.1) is 11.7 Å². The topological polar surface area (TPSA) is 112 Å². The molecule has 33 heavy (non-hydrogen) atoms. The van der Waals surface area contributed by atoms with Gasteiger partial charge in [-0.05, 0) is 29.8 Å². The first-order valence-electron chi connectivity index (χ1n) is 9.71. The van der Waals surface area contributed by atoms with E-state index in [2.05, 4.69) is 15.6 Å². The van der Waals surface area contributed by atoms with Gasteiger partial charge in [-0.25, -0.2) is 14.2 Å². The molecule has 0 radical (unpaired) electrons. The van der Waals surface area contributed by atoms with Crippen molar-refractivity contribution >= 4 is 39.2 Å². The van der Waals surface area contributed by atoms with Crippen molar-refractivity contribution in [3.05, 3.63) is 70.3 Å². The van der Waals surface area contributed by atoms with Crippen molar-refractivity contribution in [1.82, 2.24) is 14.9 Å². The molecule has 4 aromatic rings. The van der Waals surface area contributed by atoms with Crippen LogP contribution in [0.3, 0.4) is 0 Å². The van der Waals surface area contributed by atoms with Crippen molar-refractivity contribution in [2.45, 2.75) is 6.54 Å². The van der Waals surface area contributed by atoms with Crippen LogP contribution >= 0.6 is 11.3 Å². The number of benzene rings is 2. The Morgan fingerprint density at radius 2 is 1.91 bits per heavy atom. The molecule has 11 heteroatoms. The molecule has 166 valence electrons. The second-order valence-electron chi connectivity index (χ2n) is 7.08. The third kappa shape index (κ3) is 4.13. The lowest BCUT2D eigenvalue weighted by Crippen LogP contribution is -2.38. The third-order valence-electron chi connectivity index (χ3n) is 4.91. The minimum absolute atomic E-state index is 0.101. The Bertz CT molecular complexity index is 1450. The Morgan fingerprint density at radius 3 is 2.73 bits per heavy atom. The lowest BCUT2D eigenvalue weighted by Gasteiger charge is -2.09. The monoisotopic (exact) mass is 466 g/mol. The summed E-state index contributed by atoms with van der Waals surface area (Å²) >= 11 is 1.27. The number of carbonyl (C=O) groups excluding carboxylic acids is 2. The van der Waals surface area contributed by atoms with Crippen molar-refractivity contribution in [3.8, 4) is 22.6 Å². The maximum atomic E-state index is 13.3. The lowest BCUT2D eigenvalue weighted by molar-refractivity contribution is -0.120. The number of imide groups is 1. The summed E-state index contributed by atoms with van der Waals surface area (Å²) < 4.78 is 24.8. The zero-order chi connectivity index (χ0) is 22.9. The smallest absolute Gasteiger partial charge is 0.325 e. The quantitative estimate of drug-likeness (QED) is 0.477. The highest BCUT2D eigenvalue weighted by atomic mass is 32.1. The number of aromatic nitrogens is 2. The van der Waals surface area contributed by atoms with E-state index in [1.165, 1.54) is 29.8 Å². The number of hydrogen-bond donors (Lipinski definition) is 2. The Morgan fingerprint density at radius 1 is 1.12 bits per heavy atom. The van der Waals surface area contributed by atoms with Crippen LogP contribution in [0, 0.1) is 5.82 Å². The molecule has 0 atom stereocenters. The maximum absolute atomic E-state index is 13.3. The highest BCUT2D eigenvalue weighted by Crippen LogP contribution is 2.34. The Balaban J connectivity index is 1.31.